The predicted octanol–water partition coefficient (Wildman–Crippen LogP) is 2.90. The van der Waals surface area contributed by atoms with E-state index in [0.717, 1.165) is 17.7 Å². The molecule has 0 aliphatic heterocycles. The van der Waals surface area contributed by atoms with E-state index in [1.54, 1.807) is 0 Å². The molecule has 110 valence electrons. The van der Waals surface area contributed by atoms with Crippen LogP contribution in [0.2, 0.25) is 0 Å². The average Bonchev–Trinajstić information content (AvgIpc) is 2.49. The van der Waals surface area contributed by atoms with Gasteiger partial charge in [-0.05, 0) is 36.6 Å². The highest BCUT2D eigenvalue weighted by molar-refractivity contribution is 5.79. The molecule has 1 atom stereocenters. The van der Waals surface area contributed by atoms with Crippen LogP contribution in [-0.2, 0) is 17.6 Å². The van der Waals surface area contributed by atoms with Crippen molar-refractivity contribution in [2.45, 2.75) is 25.8 Å². The minimum Gasteiger partial charge on any atom is -0.399 e. The number of carbonyl (C=O) groups is 1. The molecule has 0 fully saturated rings. The number of rotatable bonds is 5. The monoisotopic (exact) mass is 282 g/mol. The Morgan fingerprint density at radius 2 is 1.67 bits per heavy atom. The fourth-order valence-electron chi connectivity index (χ4n) is 2.27. The molecule has 2 rings (SSSR count). The van der Waals surface area contributed by atoms with Gasteiger partial charge in [0.1, 0.15) is 0 Å². The number of hydrogen-bond donors (Lipinski definition) is 1. The fourth-order valence-corrected chi connectivity index (χ4v) is 2.27. The van der Waals surface area contributed by atoms with Crippen molar-refractivity contribution in [2.24, 2.45) is 0 Å². The van der Waals surface area contributed by atoms with Gasteiger partial charge in [0.25, 0.3) is 0 Å². The number of nitrogens with two attached hydrogens (primary N) is 1. The molecule has 21 heavy (non-hydrogen) atoms. The minimum atomic E-state index is 0.128. The largest absolute Gasteiger partial charge is 0.399 e. The van der Waals surface area contributed by atoms with E-state index in [4.69, 9.17) is 5.73 Å². The van der Waals surface area contributed by atoms with Gasteiger partial charge in [-0.25, -0.2) is 0 Å². The Balaban J connectivity index is 1.93. The second kappa shape index (κ2) is 6.93. The topological polar surface area (TPSA) is 46.3 Å². The number of likely N-dealkylation sites (N-methyl/N-ethyl adjacent to an activating group) is 1. The molecular formula is C18H22N2O. The lowest BCUT2D eigenvalue weighted by atomic mass is 10.1. The molecule has 1 amide bonds. The summed E-state index contributed by atoms with van der Waals surface area (Å²) in [5.41, 5.74) is 8.62. The van der Waals surface area contributed by atoms with E-state index >= 15 is 0 Å². The highest BCUT2D eigenvalue weighted by atomic mass is 16.2. The summed E-state index contributed by atoms with van der Waals surface area (Å²) in [6, 6.07) is 17.9. The van der Waals surface area contributed by atoms with Gasteiger partial charge in [-0.3, -0.25) is 4.79 Å². The molecule has 2 N–H and O–H groups in total. The summed E-state index contributed by atoms with van der Waals surface area (Å²) in [6.07, 6.45) is 1.28. The summed E-state index contributed by atoms with van der Waals surface area (Å²) in [6.45, 7) is 2.08. The molecule has 3 heteroatoms. The van der Waals surface area contributed by atoms with Crippen LogP contribution in [0.25, 0.3) is 0 Å². The molecular weight excluding hydrogens is 260 g/mol. The van der Waals surface area contributed by atoms with Crippen LogP contribution >= 0.6 is 0 Å². The normalized spacial score (nSPS) is 11.9. The molecule has 0 heterocycles. The zero-order valence-electron chi connectivity index (χ0n) is 12.6. The average molecular weight is 282 g/mol. The predicted molar refractivity (Wildman–Crippen MR) is 86.9 cm³/mol. The number of nitrogens with zero attached hydrogens (tertiary/aromatic N) is 1. The van der Waals surface area contributed by atoms with E-state index in [2.05, 4.69) is 19.1 Å². The summed E-state index contributed by atoms with van der Waals surface area (Å²) >= 11 is 0. The Morgan fingerprint density at radius 1 is 1.05 bits per heavy atom. The summed E-state index contributed by atoms with van der Waals surface area (Å²) in [5, 5.41) is 0. The lowest BCUT2D eigenvalue weighted by molar-refractivity contribution is -0.130. The number of amides is 1. The van der Waals surface area contributed by atoms with Crippen LogP contribution in [0.5, 0.6) is 0 Å². The third-order valence-electron chi connectivity index (χ3n) is 3.76. The van der Waals surface area contributed by atoms with Crippen LogP contribution in [0.3, 0.4) is 0 Å². The highest BCUT2D eigenvalue weighted by Crippen LogP contribution is 2.11. The molecule has 0 bridgehead atoms. The molecule has 0 aromatic heterocycles. The van der Waals surface area contributed by atoms with Crippen molar-refractivity contribution in [3.05, 3.63) is 65.7 Å². The van der Waals surface area contributed by atoms with Crippen LogP contribution in [0, 0.1) is 0 Å². The maximum absolute atomic E-state index is 12.3. The smallest absolute Gasteiger partial charge is 0.226 e. The van der Waals surface area contributed by atoms with Crippen molar-refractivity contribution in [1.29, 1.82) is 0 Å². The van der Waals surface area contributed by atoms with Crippen LogP contribution in [0.4, 0.5) is 5.69 Å². The van der Waals surface area contributed by atoms with Crippen LogP contribution in [0.15, 0.2) is 54.6 Å². The van der Waals surface area contributed by atoms with Gasteiger partial charge in [0.2, 0.25) is 5.91 Å². The van der Waals surface area contributed by atoms with Gasteiger partial charge in [0, 0.05) is 18.8 Å². The Kier molecular flexibility index (Phi) is 4.99. The van der Waals surface area contributed by atoms with Crippen molar-refractivity contribution < 1.29 is 4.79 Å². The van der Waals surface area contributed by atoms with E-state index in [0.29, 0.717) is 6.42 Å². The summed E-state index contributed by atoms with van der Waals surface area (Å²) < 4.78 is 0. The number of benzene rings is 2. The van der Waals surface area contributed by atoms with Crippen molar-refractivity contribution in [1.82, 2.24) is 4.90 Å². The third kappa shape index (κ3) is 4.35. The van der Waals surface area contributed by atoms with Gasteiger partial charge in [-0.2, -0.15) is 0 Å². The fraction of sp³-hybridized carbons (Fsp3) is 0.278. The van der Waals surface area contributed by atoms with Gasteiger partial charge in [-0.15, -0.1) is 0 Å². The van der Waals surface area contributed by atoms with E-state index in [1.807, 2.05) is 54.4 Å². The number of carbonyl (C=O) groups excluding carboxylic acids is 1. The van der Waals surface area contributed by atoms with Crippen molar-refractivity contribution in [2.75, 3.05) is 12.8 Å². The van der Waals surface area contributed by atoms with Crippen LogP contribution in [0.1, 0.15) is 18.1 Å². The maximum atomic E-state index is 12.3. The minimum absolute atomic E-state index is 0.128. The summed E-state index contributed by atoms with van der Waals surface area (Å²) in [5.74, 6) is 0.128. The van der Waals surface area contributed by atoms with Gasteiger partial charge < -0.3 is 10.6 Å². The van der Waals surface area contributed by atoms with Crippen molar-refractivity contribution in [3.63, 3.8) is 0 Å². The second-order valence-electron chi connectivity index (χ2n) is 5.46. The zero-order chi connectivity index (χ0) is 15.2. The van der Waals surface area contributed by atoms with Gasteiger partial charge in [-0.1, -0.05) is 42.5 Å². The lowest BCUT2D eigenvalue weighted by Crippen LogP contribution is -2.37. The molecule has 0 aliphatic carbocycles. The SMILES string of the molecule is CC(Cc1ccccc1)N(C)C(=O)Cc1ccc(N)cc1. The molecule has 0 spiro atoms. The molecule has 3 nitrogen and oxygen atoms in total. The maximum Gasteiger partial charge on any atom is 0.226 e. The quantitative estimate of drug-likeness (QED) is 0.857. The molecule has 0 radical (unpaired) electrons. The Morgan fingerprint density at radius 3 is 2.29 bits per heavy atom. The molecule has 0 saturated heterocycles. The number of nitrogen functional groups attached to an aromatic ring is 1. The first-order valence-electron chi connectivity index (χ1n) is 7.20. The Bertz CT molecular complexity index is 578. The molecule has 1 unspecified atom stereocenters. The standard InChI is InChI=1S/C18H22N2O/c1-14(12-15-6-4-3-5-7-15)20(2)18(21)13-16-8-10-17(19)11-9-16/h3-11,14H,12-13,19H2,1-2H3. The molecule has 2 aromatic carbocycles. The molecule has 2 aromatic rings. The molecule has 0 saturated carbocycles. The van der Waals surface area contributed by atoms with Crippen LogP contribution < -0.4 is 5.73 Å². The Labute approximate surface area is 126 Å². The van der Waals surface area contributed by atoms with Gasteiger partial charge in [0.05, 0.1) is 6.42 Å². The first kappa shape index (κ1) is 15.1. The first-order valence-corrected chi connectivity index (χ1v) is 7.20. The van der Waals surface area contributed by atoms with Gasteiger partial charge in [0.15, 0.2) is 0 Å². The Hall–Kier alpha value is -2.29. The van der Waals surface area contributed by atoms with E-state index < -0.39 is 0 Å². The van der Waals surface area contributed by atoms with Gasteiger partial charge >= 0.3 is 0 Å². The highest BCUT2D eigenvalue weighted by Gasteiger charge is 2.16. The second-order valence-corrected chi connectivity index (χ2v) is 5.46. The van der Waals surface area contributed by atoms with E-state index in [9.17, 15) is 4.79 Å². The van der Waals surface area contributed by atoms with E-state index in [-0.39, 0.29) is 11.9 Å². The lowest BCUT2D eigenvalue weighted by Gasteiger charge is -2.25. The van der Waals surface area contributed by atoms with Crippen LogP contribution in [-0.4, -0.2) is 23.9 Å². The van der Waals surface area contributed by atoms with Crippen molar-refractivity contribution in [3.8, 4) is 0 Å². The van der Waals surface area contributed by atoms with Crippen molar-refractivity contribution >= 4 is 11.6 Å². The third-order valence-corrected chi connectivity index (χ3v) is 3.76. The number of anilines is 1. The number of hydrogen-bond acceptors (Lipinski definition) is 2. The first-order chi connectivity index (χ1) is 10.1. The van der Waals surface area contributed by atoms with E-state index in [1.165, 1.54) is 5.56 Å². The summed E-state index contributed by atoms with van der Waals surface area (Å²) in [7, 11) is 1.87. The molecule has 0 aliphatic rings. The summed E-state index contributed by atoms with van der Waals surface area (Å²) in [4.78, 5) is 14.1. The zero-order valence-corrected chi connectivity index (χ0v) is 12.6.